The molecule has 0 unspecified atom stereocenters. The lowest BCUT2D eigenvalue weighted by Crippen LogP contribution is -2.08. The lowest BCUT2D eigenvalue weighted by atomic mass is 10.2. The van der Waals surface area contributed by atoms with E-state index in [0.717, 1.165) is 29.3 Å². The summed E-state index contributed by atoms with van der Waals surface area (Å²) in [6, 6.07) is 7.12. The number of fused-ring (bicyclic) bond motifs is 1. The third-order valence-corrected chi connectivity index (χ3v) is 4.24. The summed E-state index contributed by atoms with van der Waals surface area (Å²) in [5, 5.41) is 7.47. The SMILES string of the molecule is CCc1cc(NCc2ccc(-n3ccnc3C)c(F)c2)n2ncnc2n1. The molecule has 3 aromatic heterocycles. The first kappa shape index (κ1) is 16.2. The van der Waals surface area contributed by atoms with Crippen molar-refractivity contribution in [3.05, 3.63) is 65.9 Å². The largest absolute Gasteiger partial charge is 0.366 e. The molecule has 0 radical (unpaired) electrons. The van der Waals surface area contributed by atoms with Crippen molar-refractivity contribution in [1.82, 2.24) is 29.1 Å². The second kappa shape index (κ2) is 6.55. The molecule has 8 heteroatoms. The van der Waals surface area contributed by atoms with Gasteiger partial charge in [0.2, 0.25) is 0 Å². The van der Waals surface area contributed by atoms with Crippen LogP contribution in [0, 0.1) is 12.7 Å². The van der Waals surface area contributed by atoms with E-state index in [1.54, 1.807) is 27.5 Å². The number of nitrogens with zero attached hydrogens (tertiary/aromatic N) is 6. The molecule has 0 aliphatic carbocycles. The summed E-state index contributed by atoms with van der Waals surface area (Å²) in [4.78, 5) is 12.7. The summed E-state index contributed by atoms with van der Waals surface area (Å²) in [5.74, 6) is 1.77. The van der Waals surface area contributed by atoms with Crippen molar-refractivity contribution in [2.45, 2.75) is 26.8 Å². The molecule has 0 bridgehead atoms. The summed E-state index contributed by atoms with van der Waals surface area (Å²) >= 11 is 0. The number of hydrogen-bond donors (Lipinski definition) is 1. The Morgan fingerprint density at radius 3 is 2.81 bits per heavy atom. The molecule has 0 aliphatic heterocycles. The maximum absolute atomic E-state index is 14.5. The number of imidazole rings is 1. The minimum absolute atomic E-state index is 0.291. The number of rotatable bonds is 5. The molecule has 4 rings (SSSR count). The second-order valence-corrected chi connectivity index (χ2v) is 5.94. The van der Waals surface area contributed by atoms with Crippen LogP contribution < -0.4 is 5.32 Å². The van der Waals surface area contributed by atoms with Crippen molar-refractivity contribution >= 4 is 11.6 Å². The first-order valence-electron chi connectivity index (χ1n) is 8.38. The highest BCUT2D eigenvalue weighted by Gasteiger charge is 2.10. The Morgan fingerprint density at radius 2 is 2.08 bits per heavy atom. The summed E-state index contributed by atoms with van der Waals surface area (Å²) < 4.78 is 17.9. The van der Waals surface area contributed by atoms with Gasteiger partial charge in [0.1, 0.15) is 23.8 Å². The Bertz CT molecular complexity index is 1070. The lowest BCUT2D eigenvalue weighted by Gasteiger charge is -2.11. The molecule has 0 saturated carbocycles. The van der Waals surface area contributed by atoms with Crippen molar-refractivity contribution in [2.75, 3.05) is 5.32 Å². The summed E-state index contributed by atoms with van der Waals surface area (Å²) in [6.07, 6.45) is 5.67. The van der Waals surface area contributed by atoms with Crippen molar-refractivity contribution in [1.29, 1.82) is 0 Å². The molecule has 3 heterocycles. The molecule has 7 nitrogen and oxygen atoms in total. The maximum atomic E-state index is 14.5. The predicted octanol–water partition coefficient (Wildman–Crippen LogP) is 2.93. The van der Waals surface area contributed by atoms with Crippen molar-refractivity contribution in [3.63, 3.8) is 0 Å². The Hall–Kier alpha value is -3.29. The van der Waals surface area contributed by atoms with Gasteiger partial charge in [0.15, 0.2) is 0 Å². The number of benzene rings is 1. The quantitative estimate of drug-likeness (QED) is 0.598. The molecule has 1 N–H and O–H groups in total. The monoisotopic (exact) mass is 351 g/mol. The number of nitrogens with one attached hydrogen (secondary N) is 1. The molecular weight excluding hydrogens is 333 g/mol. The van der Waals surface area contributed by atoms with Crippen LogP contribution in [0.5, 0.6) is 0 Å². The van der Waals surface area contributed by atoms with Gasteiger partial charge in [-0.1, -0.05) is 13.0 Å². The van der Waals surface area contributed by atoms with Crippen molar-refractivity contribution in [3.8, 4) is 5.69 Å². The normalized spacial score (nSPS) is 11.2. The molecule has 4 aromatic rings. The Labute approximate surface area is 149 Å². The zero-order valence-electron chi connectivity index (χ0n) is 14.5. The summed E-state index contributed by atoms with van der Waals surface area (Å²) in [6.45, 7) is 4.33. The molecule has 0 amide bonds. The van der Waals surface area contributed by atoms with Gasteiger partial charge in [-0.05, 0) is 31.0 Å². The molecule has 0 fully saturated rings. The van der Waals surface area contributed by atoms with E-state index >= 15 is 0 Å². The Kier molecular flexibility index (Phi) is 4.08. The molecule has 0 aliphatic rings. The van der Waals surface area contributed by atoms with Gasteiger partial charge in [0.25, 0.3) is 5.78 Å². The zero-order valence-corrected chi connectivity index (χ0v) is 14.5. The molecule has 0 spiro atoms. The van der Waals surface area contributed by atoms with Gasteiger partial charge in [0.05, 0.1) is 5.69 Å². The molecular formula is C18H18FN7. The lowest BCUT2D eigenvalue weighted by molar-refractivity contribution is 0.614. The smallest absolute Gasteiger partial charge is 0.254 e. The first-order chi connectivity index (χ1) is 12.7. The van der Waals surface area contributed by atoms with Gasteiger partial charge in [-0.2, -0.15) is 14.6 Å². The van der Waals surface area contributed by atoms with E-state index in [0.29, 0.717) is 18.0 Å². The topological polar surface area (TPSA) is 72.9 Å². The van der Waals surface area contributed by atoms with Crippen LogP contribution in [0.3, 0.4) is 0 Å². The van der Waals surface area contributed by atoms with Crippen LogP contribution in [0.1, 0.15) is 24.0 Å². The van der Waals surface area contributed by atoms with Gasteiger partial charge in [-0.3, -0.25) is 0 Å². The van der Waals surface area contributed by atoms with Gasteiger partial charge < -0.3 is 9.88 Å². The fourth-order valence-electron chi connectivity index (χ4n) is 2.85. The average Bonchev–Trinajstić information content (AvgIpc) is 3.28. The maximum Gasteiger partial charge on any atom is 0.254 e. The van der Waals surface area contributed by atoms with Crippen molar-refractivity contribution in [2.24, 2.45) is 0 Å². The number of anilines is 1. The fourth-order valence-corrected chi connectivity index (χ4v) is 2.85. The number of aryl methyl sites for hydroxylation is 2. The highest BCUT2D eigenvalue weighted by molar-refractivity contribution is 5.46. The number of hydrogen-bond acceptors (Lipinski definition) is 5. The highest BCUT2D eigenvalue weighted by atomic mass is 19.1. The minimum Gasteiger partial charge on any atom is -0.366 e. The van der Waals surface area contributed by atoms with Gasteiger partial charge in [-0.15, -0.1) is 0 Å². The van der Waals surface area contributed by atoms with E-state index < -0.39 is 0 Å². The Morgan fingerprint density at radius 1 is 1.19 bits per heavy atom. The standard InChI is InChI=1S/C18H18FN7/c1-3-14-9-17(26-18(24-14)22-11-23-26)21-10-13-4-5-16(15(19)8-13)25-7-6-20-12(25)2/h4-9,11,21H,3,10H2,1-2H3. The third kappa shape index (κ3) is 2.90. The van der Waals surface area contributed by atoms with E-state index in [2.05, 4.69) is 25.4 Å². The van der Waals surface area contributed by atoms with Crippen LogP contribution in [0.25, 0.3) is 11.5 Å². The van der Waals surface area contributed by atoms with E-state index in [9.17, 15) is 4.39 Å². The molecule has 0 saturated heterocycles. The third-order valence-electron chi connectivity index (χ3n) is 4.24. The van der Waals surface area contributed by atoms with E-state index in [1.165, 1.54) is 12.4 Å². The van der Waals surface area contributed by atoms with Crippen molar-refractivity contribution < 1.29 is 4.39 Å². The van der Waals surface area contributed by atoms with Gasteiger partial charge in [-0.25, -0.2) is 14.4 Å². The number of halogens is 1. The van der Waals surface area contributed by atoms with Crippen LogP contribution in [-0.4, -0.2) is 29.1 Å². The average molecular weight is 351 g/mol. The predicted molar refractivity (Wildman–Crippen MR) is 95.7 cm³/mol. The number of aromatic nitrogens is 6. The summed E-state index contributed by atoms with van der Waals surface area (Å²) in [5.41, 5.74) is 2.23. The summed E-state index contributed by atoms with van der Waals surface area (Å²) in [7, 11) is 0. The first-order valence-corrected chi connectivity index (χ1v) is 8.38. The second-order valence-electron chi connectivity index (χ2n) is 5.94. The molecule has 26 heavy (non-hydrogen) atoms. The van der Waals surface area contributed by atoms with Crippen LogP contribution in [-0.2, 0) is 13.0 Å². The Balaban J connectivity index is 1.58. The van der Waals surface area contributed by atoms with Crippen LogP contribution >= 0.6 is 0 Å². The zero-order chi connectivity index (χ0) is 18.1. The van der Waals surface area contributed by atoms with Crippen LogP contribution in [0.4, 0.5) is 10.2 Å². The van der Waals surface area contributed by atoms with E-state index in [4.69, 9.17) is 0 Å². The van der Waals surface area contributed by atoms with Crippen LogP contribution in [0.2, 0.25) is 0 Å². The molecule has 132 valence electrons. The molecule has 0 atom stereocenters. The van der Waals surface area contributed by atoms with E-state index in [-0.39, 0.29) is 5.82 Å². The van der Waals surface area contributed by atoms with E-state index in [1.807, 2.05) is 26.0 Å². The molecule has 1 aromatic carbocycles. The fraction of sp³-hybridized carbons (Fsp3) is 0.222. The van der Waals surface area contributed by atoms with Gasteiger partial charge >= 0.3 is 0 Å². The van der Waals surface area contributed by atoms with Crippen LogP contribution in [0.15, 0.2) is 43.0 Å². The minimum atomic E-state index is -0.291. The highest BCUT2D eigenvalue weighted by Crippen LogP contribution is 2.18. The van der Waals surface area contributed by atoms with Gasteiger partial charge in [0, 0.05) is 30.7 Å².